The highest BCUT2D eigenvalue weighted by molar-refractivity contribution is 6.04. The second-order valence-corrected chi connectivity index (χ2v) is 8.34. The lowest BCUT2D eigenvalue weighted by molar-refractivity contribution is -0.693. The molecule has 0 spiro atoms. The number of benzene rings is 4. The van der Waals surface area contributed by atoms with Crippen molar-refractivity contribution < 1.29 is 4.57 Å². The third kappa shape index (κ3) is 4.60. The van der Waals surface area contributed by atoms with Gasteiger partial charge in [0, 0.05) is 12.1 Å². The van der Waals surface area contributed by atoms with E-state index in [4.69, 9.17) is 0 Å². The van der Waals surface area contributed by atoms with Gasteiger partial charge in [0.2, 0.25) is 0 Å². The zero-order chi connectivity index (χ0) is 23.2. The van der Waals surface area contributed by atoms with Crippen LogP contribution in [-0.4, -0.2) is 0 Å². The average molecular weight is 439 g/mol. The molecule has 0 unspecified atom stereocenters. The number of aromatic nitrogens is 1. The first kappa shape index (κ1) is 21.6. The molecule has 1 nitrogen and oxygen atoms in total. The van der Waals surface area contributed by atoms with Crippen molar-refractivity contribution in [1.82, 2.24) is 0 Å². The van der Waals surface area contributed by atoms with Crippen molar-refractivity contribution in [2.24, 2.45) is 0 Å². The summed E-state index contributed by atoms with van der Waals surface area (Å²) < 4.78 is 2.18. The molecule has 4 aromatic carbocycles. The molecule has 0 amide bonds. The van der Waals surface area contributed by atoms with Crippen LogP contribution in [0.4, 0.5) is 0 Å². The molecule has 1 aromatic heterocycles. The van der Waals surface area contributed by atoms with Crippen molar-refractivity contribution in [3.8, 4) is 11.1 Å². The summed E-state index contributed by atoms with van der Waals surface area (Å²) in [5.41, 5.74) is 9.77. The Morgan fingerprint density at radius 1 is 0.441 bits per heavy atom. The van der Waals surface area contributed by atoms with Gasteiger partial charge in [-0.2, -0.15) is 0 Å². The van der Waals surface area contributed by atoms with Crippen molar-refractivity contribution in [2.75, 3.05) is 0 Å². The second kappa shape index (κ2) is 10.1. The fourth-order valence-electron chi connectivity index (χ4n) is 4.42. The van der Waals surface area contributed by atoms with E-state index in [1.165, 1.54) is 44.5 Å². The molecule has 5 aromatic rings. The fraction of sp³-hybridized carbons (Fsp3) is 0.0606. The molecule has 0 saturated heterocycles. The Labute approximate surface area is 202 Å². The predicted molar refractivity (Wildman–Crippen MR) is 142 cm³/mol. The quantitative estimate of drug-likeness (QED) is 0.189. The maximum Gasteiger partial charge on any atom is 0.169 e. The van der Waals surface area contributed by atoms with E-state index in [0.717, 1.165) is 6.54 Å². The van der Waals surface area contributed by atoms with Gasteiger partial charge in [-0.05, 0) is 51.5 Å². The Morgan fingerprint density at radius 2 is 0.794 bits per heavy atom. The van der Waals surface area contributed by atoms with Crippen LogP contribution < -0.4 is 4.57 Å². The molecule has 1 heterocycles. The lowest BCUT2D eigenvalue weighted by Crippen LogP contribution is -2.30. The summed E-state index contributed by atoms with van der Waals surface area (Å²) in [5.74, 6) is 0. The molecule has 0 aliphatic carbocycles. The lowest BCUT2D eigenvalue weighted by Gasteiger charge is -2.18. The Balaban J connectivity index is 1.70. The van der Waals surface area contributed by atoms with Gasteiger partial charge in [-0.3, -0.25) is 0 Å². The minimum atomic E-state index is 0.978. The molecule has 0 N–H and O–H groups in total. The Morgan fingerprint density at radius 3 is 1.18 bits per heavy atom. The van der Waals surface area contributed by atoms with E-state index >= 15 is 0 Å². The highest BCUT2D eigenvalue weighted by atomic mass is 14.9. The smallest absolute Gasteiger partial charge is 0.169 e. The third-order valence-corrected chi connectivity index (χ3v) is 6.20. The van der Waals surface area contributed by atoms with E-state index in [-0.39, 0.29) is 0 Å². The van der Waals surface area contributed by atoms with Crippen LogP contribution in [0.15, 0.2) is 140 Å². The average Bonchev–Trinajstić information content (AvgIpc) is 2.93. The largest absolute Gasteiger partial charge is 0.205 e. The Kier molecular flexibility index (Phi) is 6.45. The van der Waals surface area contributed by atoms with Crippen LogP contribution in [0.5, 0.6) is 0 Å². The molecular weight excluding hydrogens is 410 g/mol. The SMILES string of the molecule is CC[n+]1ccc(-c2ccc(C(=C(c3ccccc3)c3ccccc3)c3ccccc3)cc2)cc1. The zero-order valence-corrected chi connectivity index (χ0v) is 19.4. The van der Waals surface area contributed by atoms with E-state index in [2.05, 4.69) is 151 Å². The summed E-state index contributed by atoms with van der Waals surface area (Å²) >= 11 is 0. The number of hydrogen-bond donors (Lipinski definition) is 0. The minimum absolute atomic E-state index is 0.978. The molecule has 0 radical (unpaired) electrons. The third-order valence-electron chi connectivity index (χ3n) is 6.20. The van der Waals surface area contributed by atoms with E-state index in [9.17, 15) is 0 Å². The molecule has 0 bridgehead atoms. The number of nitrogens with zero attached hydrogens (tertiary/aromatic N) is 1. The first-order valence-electron chi connectivity index (χ1n) is 11.8. The first-order valence-corrected chi connectivity index (χ1v) is 11.8. The Bertz CT molecular complexity index is 1330. The first-order chi connectivity index (χ1) is 16.8. The van der Waals surface area contributed by atoms with E-state index in [1.54, 1.807) is 0 Å². The molecule has 0 aliphatic heterocycles. The van der Waals surface area contributed by atoms with Crippen molar-refractivity contribution in [3.05, 3.63) is 162 Å². The van der Waals surface area contributed by atoms with Gasteiger partial charge >= 0.3 is 0 Å². The highest BCUT2D eigenvalue weighted by Gasteiger charge is 2.16. The summed E-state index contributed by atoms with van der Waals surface area (Å²) in [6, 6.07) is 45.5. The fourth-order valence-corrected chi connectivity index (χ4v) is 4.42. The molecule has 5 rings (SSSR count). The predicted octanol–water partition coefficient (Wildman–Crippen LogP) is 7.67. The van der Waals surface area contributed by atoms with E-state index < -0.39 is 0 Å². The van der Waals surface area contributed by atoms with Gasteiger partial charge in [-0.25, -0.2) is 4.57 Å². The lowest BCUT2D eigenvalue weighted by atomic mass is 9.85. The van der Waals surface area contributed by atoms with Gasteiger partial charge < -0.3 is 0 Å². The van der Waals surface area contributed by atoms with Crippen molar-refractivity contribution in [3.63, 3.8) is 0 Å². The molecular formula is C33H28N+. The normalized spacial score (nSPS) is 10.6. The minimum Gasteiger partial charge on any atom is -0.205 e. The van der Waals surface area contributed by atoms with Gasteiger partial charge in [0.15, 0.2) is 12.4 Å². The van der Waals surface area contributed by atoms with Crippen molar-refractivity contribution >= 4 is 11.1 Å². The summed E-state index contributed by atoms with van der Waals surface area (Å²) in [5, 5.41) is 0. The number of hydrogen-bond acceptors (Lipinski definition) is 0. The van der Waals surface area contributed by atoms with Gasteiger partial charge in [0.05, 0.1) is 0 Å². The van der Waals surface area contributed by atoms with Gasteiger partial charge in [0.25, 0.3) is 0 Å². The monoisotopic (exact) mass is 438 g/mol. The molecule has 34 heavy (non-hydrogen) atoms. The maximum atomic E-state index is 2.25. The molecule has 1 heteroatoms. The molecule has 0 aliphatic rings. The van der Waals surface area contributed by atoms with Crippen LogP contribution in [0.1, 0.15) is 29.2 Å². The molecule has 0 saturated carbocycles. The van der Waals surface area contributed by atoms with Gasteiger partial charge in [-0.15, -0.1) is 0 Å². The van der Waals surface area contributed by atoms with E-state index in [1.807, 2.05) is 0 Å². The highest BCUT2D eigenvalue weighted by Crippen LogP contribution is 2.37. The molecule has 0 fully saturated rings. The van der Waals surface area contributed by atoms with Crippen LogP contribution in [0, 0.1) is 0 Å². The topological polar surface area (TPSA) is 3.88 Å². The second-order valence-electron chi connectivity index (χ2n) is 8.34. The summed E-state index contributed by atoms with van der Waals surface area (Å²) in [6.07, 6.45) is 4.28. The maximum absolute atomic E-state index is 2.25. The van der Waals surface area contributed by atoms with Crippen LogP contribution in [0.2, 0.25) is 0 Å². The number of rotatable bonds is 6. The van der Waals surface area contributed by atoms with Crippen LogP contribution in [0.3, 0.4) is 0 Å². The van der Waals surface area contributed by atoms with Gasteiger partial charge in [0.1, 0.15) is 6.54 Å². The molecule has 0 atom stereocenters. The standard InChI is InChI=1S/C33H28N/c1-2-34-24-22-27(23-25-34)26-18-20-31(21-19-26)33(30-16-10-5-11-17-30)32(28-12-6-3-7-13-28)29-14-8-4-9-15-29/h3-25H,2H2,1H3/q+1. The van der Waals surface area contributed by atoms with Crippen LogP contribution >= 0.6 is 0 Å². The van der Waals surface area contributed by atoms with Crippen molar-refractivity contribution in [1.29, 1.82) is 0 Å². The molecule has 164 valence electrons. The van der Waals surface area contributed by atoms with Crippen molar-refractivity contribution in [2.45, 2.75) is 13.5 Å². The summed E-state index contributed by atoms with van der Waals surface area (Å²) in [4.78, 5) is 0. The number of aryl methyl sites for hydroxylation is 1. The van der Waals surface area contributed by atoms with Crippen LogP contribution in [0.25, 0.3) is 22.3 Å². The van der Waals surface area contributed by atoms with Crippen LogP contribution in [-0.2, 0) is 6.54 Å². The van der Waals surface area contributed by atoms with Gasteiger partial charge in [-0.1, -0.05) is 115 Å². The summed E-state index contributed by atoms with van der Waals surface area (Å²) in [6.45, 7) is 3.13. The zero-order valence-electron chi connectivity index (χ0n) is 19.4. The Hall–Kier alpha value is -4.23. The van der Waals surface area contributed by atoms with E-state index in [0.29, 0.717) is 0 Å². The summed E-state index contributed by atoms with van der Waals surface area (Å²) in [7, 11) is 0. The number of pyridine rings is 1.